The van der Waals surface area contributed by atoms with E-state index < -0.39 is 0 Å². The van der Waals surface area contributed by atoms with Crippen LogP contribution in [0.2, 0.25) is 0 Å². The van der Waals surface area contributed by atoms with E-state index in [1.807, 2.05) is 13.0 Å². The summed E-state index contributed by atoms with van der Waals surface area (Å²) >= 11 is 0. The van der Waals surface area contributed by atoms with Gasteiger partial charge in [-0.3, -0.25) is 4.79 Å². The van der Waals surface area contributed by atoms with Crippen LogP contribution in [0.3, 0.4) is 0 Å². The van der Waals surface area contributed by atoms with Crippen LogP contribution in [0.1, 0.15) is 25.6 Å². The van der Waals surface area contributed by atoms with E-state index in [1.165, 1.54) is 0 Å². The van der Waals surface area contributed by atoms with Crippen LogP contribution >= 0.6 is 0 Å². The topological polar surface area (TPSA) is 48.0 Å². The highest BCUT2D eigenvalue weighted by Crippen LogP contribution is 2.15. The van der Waals surface area contributed by atoms with Crippen LogP contribution in [0.5, 0.6) is 0 Å². The monoisotopic (exact) mass is 194 g/mol. The third-order valence-corrected chi connectivity index (χ3v) is 2.54. The van der Waals surface area contributed by atoms with E-state index in [2.05, 4.69) is 13.8 Å². The lowest BCUT2D eigenvalue weighted by Gasteiger charge is -2.23. The second-order valence-corrected chi connectivity index (χ2v) is 3.92. The number of aryl methyl sites for hydroxylation is 1. The van der Waals surface area contributed by atoms with Crippen LogP contribution < -0.4 is 11.3 Å². The molecule has 0 bridgehead atoms. The average molecular weight is 194 g/mol. The maximum Gasteiger partial charge on any atom is 0.251 e. The normalized spacial score (nSPS) is 13.2. The first-order chi connectivity index (χ1) is 6.57. The smallest absolute Gasteiger partial charge is 0.251 e. The Labute approximate surface area is 84.6 Å². The highest BCUT2D eigenvalue weighted by Gasteiger charge is 2.15. The fourth-order valence-corrected chi connectivity index (χ4v) is 1.70. The van der Waals surface area contributed by atoms with Crippen molar-refractivity contribution in [3.63, 3.8) is 0 Å². The molecule has 0 amide bonds. The molecule has 1 aromatic heterocycles. The molecule has 1 aromatic rings. The molecule has 0 spiro atoms. The highest BCUT2D eigenvalue weighted by atomic mass is 16.1. The number of pyridine rings is 1. The van der Waals surface area contributed by atoms with Crippen molar-refractivity contribution in [2.75, 3.05) is 6.54 Å². The molecular weight excluding hydrogens is 176 g/mol. The van der Waals surface area contributed by atoms with Crippen molar-refractivity contribution in [1.29, 1.82) is 0 Å². The highest BCUT2D eigenvalue weighted by molar-refractivity contribution is 5.06. The lowest BCUT2D eigenvalue weighted by Crippen LogP contribution is -2.33. The van der Waals surface area contributed by atoms with Gasteiger partial charge in [0.2, 0.25) is 0 Å². The molecule has 0 saturated carbocycles. The standard InChI is InChI=1S/C11H18N2O/c1-8(2)10(7-12)13-9(3)5-4-6-11(13)14/h4-6,8,10H,7,12H2,1-3H3. The second-order valence-electron chi connectivity index (χ2n) is 3.92. The molecule has 0 fully saturated rings. The molecule has 3 heteroatoms. The van der Waals surface area contributed by atoms with Gasteiger partial charge in [-0.2, -0.15) is 0 Å². The summed E-state index contributed by atoms with van der Waals surface area (Å²) in [5.74, 6) is 0.374. The van der Waals surface area contributed by atoms with Gasteiger partial charge in [-0.1, -0.05) is 19.9 Å². The molecule has 0 saturated heterocycles. The van der Waals surface area contributed by atoms with Gasteiger partial charge in [-0.05, 0) is 18.9 Å². The van der Waals surface area contributed by atoms with E-state index >= 15 is 0 Å². The van der Waals surface area contributed by atoms with E-state index in [9.17, 15) is 4.79 Å². The van der Waals surface area contributed by atoms with Gasteiger partial charge in [-0.25, -0.2) is 0 Å². The van der Waals surface area contributed by atoms with E-state index in [4.69, 9.17) is 5.73 Å². The maximum atomic E-state index is 11.7. The molecule has 0 aromatic carbocycles. The van der Waals surface area contributed by atoms with Crippen molar-refractivity contribution in [3.8, 4) is 0 Å². The third kappa shape index (κ3) is 2.04. The SMILES string of the molecule is Cc1cccc(=O)n1C(CN)C(C)C. The molecule has 0 aliphatic carbocycles. The summed E-state index contributed by atoms with van der Waals surface area (Å²) in [6.45, 7) is 6.60. The summed E-state index contributed by atoms with van der Waals surface area (Å²) in [6, 6.07) is 5.40. The molecule has 1 rings (SSSR count). The van der Waals surface area contributed by atoms with Gasteiger partial charge in [0.25, 0.3) is 5.56 Å². The molecule has 1 unspecified atom stereocenters. The lowest BCUT2D eigenvalue weighted by atomic mass is 10.0. The van der Waals surface area contributed by atoms with Gasteiger partial charge >= 0.3 is 0 Å². The molecule has 0 radical (unpaired) electrons. The van der Waals surface area contributed by atoms with Crippen molar-refractivity contribution in [1.82, 2.24) is 4.57 Å². The Morgan fingerprint density at radius 1 is 1.43 bits per heavy atom. The van der Waals surface area contributed by atoms with Crippen molar-refractivity contribution < 1.29 is 0 Å². The molecule has 14 heavy (non-hydrogen) atoms. The van der Waals surface area contributed by atoms with Gasteiger partial charge in [-0.15, -0.1) is 0 Å². The largest absolute Gasteiger partial charge is 0.328 e. The third-order valence-electron chi connectivity index (χ3n) is 2.54. The number of nitrogens with zero attached hydrogens (tertiary/aromatic N) is 1. The van der Waals surface area contributed by atoms with Crippen LogP contribution in [-0.4, -0.2) is 11.1 Å². The minimum Gasteiger partial charge on any atom is -0.328 e. The van der Waals surface area contributed by atoms with Crippen molar-refractivity contribution in [2.24, 2.45) is 11.7 Å². The van der Waals surface area contributed by atoms with Crippen LogP contribution in [0.15, 0.2) is 23.0 Å². The molecule has 3 nitrogen and oxygen atoms in total. The fourth-order valence-electron chi connectivity index (χ4n) is 1.70. The lowest BCUT2D eigenvalue weighted by molar-refractivity contribution is 0.370. The summed E-state index contributed by atoms with van der Waals surface area (Å²) in [4.78, 5) is 11.7. The van der Waals surface area contributed by atoms with Gasteiger partial charge in [0, 0.05) is 18.3 Å². The van der Waals surface area contributed by atoms with Gasteiger partial charge in [0.15, 0.2) is 0 Å². The zero-order valence-corrected chi connectivity index (χ0v) is 9.03. The Bertz CT molecular complexity index is 355. The van der Waals surface area contributed by atoms with Gasteiger partial charge in [0.1, 0.15) is 0 Å². The molecule has 1 atom stereocenters. The van der Waals surface area contributed by atoms with E-state index in [1.54, 1.807) is 16.7 Å². The minimum atomic E-state index is 0.0363. The van der Waals surface area contributed by atoms with Crippen LogP contribution in [0.4, 0.5) is 0 Å². The van der Waals surface area contributed by atoms with Crippen molar-refractivity contribution >= 4 is 0 Å². The summed E-state index contributed by atoms with van der Waals surface area (Å²) < 4.78 is 1.78. The Kier molecular flexibility index (Phi) is 3.47. The molecule has 2 N–H and O–H groups in total. The summed E-state index contributed by atoms with van der Waals surface area (Å²) in [6.07, 6.45) is 0. The van der Waals surface area contributed by atoms with Crippen LogP contribution in [0, 0.1) is 12.8 Å². The molecule has 1 heterocycles. The first-order valence-electron chi connectivity index (χ1n) is 4.96. The van der Waals surface area contributed by atoms with Crippen LogP contribution in [0.25, 0.3) is 0 Å². The maximum absolute atomic E-state index is 11.7. The minimum absolute atomic E-state index is 0.0363. The fraction of sp³-hybridized carbons (Fsp3) is 0.545. The second kappa shape index (κ2) is 4.42. The predicted molar refractivity (Wildman–Crippen MR) is 58.4 cm³/mol. The van der Waals surface area contributed by atoms with E-state index in [0.29, 0.717) is 12.5 Å². The summed E-state index contributed by atoms with van der Waals surface area (Å²) in [7, 11) is 0. The average Bonchev–Trinajstić information content (AvgIpc) is 2.10. The van der Waals surface area contributed by atoms with Gasteiger partial charge < -0.3 is 10.3 Å². The Morgan fingerprint density at radius 2 is 2.07 bits per heavy atom. The van der Waals surface area contributed by atoms with E-state index in [-0.39, 0.29) is 11.6 Å². The Hall–Kier alpha value is -1.09. The first kappa shape index (κ1) is 11.0. The number of hydrogen-bond donors (Lipinski definition) is 1. The zero-order chi connectivity index (χ0) is 10.7. The Morgan fingerprint density at radius 3 is 2.50 bits per heavy atom. The number of rotatable bonds is 3. The Balaban J connectivity index is 3.22. The quantitative estimate of drug-likeness (QED) is 0.788. The predicted octanol–water partition coefficient (Wildman–Crippen LogP) is 1.31. The molecule has 0 aliphatic rings. The molecule has 0 aliphatic heterocycles. The summed E-state index contributed by atoms with van der Waals surface area (Å²) in [5, 5.41) is 0. The first-order valence-corrected chi connectivity index (χ1v) is 4.96. The zero-order valence-electron chi connectivity index (χ0n) is 9.03. The summed E-state index contributed by atoms with van der Waals surface area (Å²) in [5.41, 5.74) is 6.69. The number of aromatic nitrogens is 1. The van der Waals surface area contributed by atoms with Crippen molar-refractivity contribution in [3.05, 3.63) is 34.2 Å². The van der Waals surface area contributed by atoms with Crippen molar-refractivity contribution in [2.45, 2.75) is 26.8 Å². The molecular formula is C11H18N2O. The van der Waals surface area contributed by atoms with Crippen LogP contribution in [-0.2, 0) is 0 Å². The number of hydrogen-bond acceptors (Lipinski definition) is 2. The van der Waals surface area contributed by atoms with E-state index in [0.717, 1.165) is 5.69 Å². The number of nitrogens with two attached hydrogens (primary N) is 1. The molecule has 78 valence electrons. The van der Waals surface area contributed by atoms with Gasteiger partial charge in [0.05, 0.1) is 6.04 Å².